The fraction of sp³-hybridized carbons (Fsp3) is 0.412. The van der Waals surface area contributed by atoms with Gasteiger partial charge in [-0.1, -0.05) is 6.07 Å². The molecule has 2 atom stereocenters. The van der Waals surface area contributed by atoms with Crippen LogP contribution in [0.2, 0.25) is 0 Å². The molecule has 0 saturated carbocycles. The predicted octanol–water partition coefficient (Wildman–Crippen LogP) is 1.14. The Bertz CT molecular complexity index is 773. The zero-order valence-corrected chi connectivity index (χ0v) is 13.4. The smallest absolute Gasteiger partial charge is 0.257 e. The van der Waals surface area contributed by atoms with E-state index in [2.05, 4.69) is 5.10 Å². The maximum Gasteiger partial charge on any atom is 0.257 e. The van der Waals surface area contributed by atoms with E-state index in [9.17, 15) is 9.90 Å². The van der Waals surface area contributed by atoms with Crippen molar-refractivity contribution >= 4 is 5.91 Å². The number of ether oxygens (including phenoxy) is 2. The maximum atomic E-state index is 12.5. The SMILES string of the molecule is Cn1cc(C(=O)N2CC[C@@H](c3ccc4c(c3)OCO4)[C@H](O)C2)cn1. The molecule has 4 rings (SSSR count). The molecule has 1 aromatic carbocycles. The average Bonchev–Trinajstić information content (AvgIpc) is 3.22. The number of likely N-dealkylation sites (tertiary alicyclic amines) is 1. The second kappa shape index (κ2) is 5.83. The van der Waals surface area contributed by atoms with Gasteiger partial charge < -0.3 is 19.5 Å². The van der Waals surface area contributed by atoms with E-state index >= 15 is 0 Å². The van der Waals surface area contributed by atoms with E-state index in [0.717, 1.165) is 11.3 Å². The molecule has 126 valence electrons. The Labute approximate surface area is 139 Å². The Kier molecular flexibility index (Phi) is 3.65. The van der Waals surface area contributed by atoms with Crippen molar-refractivity contribution in [3.8, 4) is 11.5 Å². The standard InChI is InChI=1S/C17H19N3O4/c1-19-8-12(7-18-19)17(22)20-5-4-13(14(21)9-20)11-2-3-15-16(6-11)24-10-23-15/h2-3,6-8,13-14,21H,4-5,9-10H2,1H3/t13-,14+/m0/s1. The number of aliphatic hydroxyl groups excluding tert-OH is 1. The number of aryl methyl sites for hydroxylation is 1. The number of hydrogen-bond donors (Lipinski definition) is 1. The lowest BCUT2D eigenvalue weighted by atomic mass is 9.86. The molecule has 1 N–H and O–H groups in total. The minimum absolute atomic E-state index is 0.0163. The van der Waals surface area contributed by atoms with Gasteiger partial charge in [0.05, 0.1) is 17.9 Å². The number of aliphatic hydroxyl groups is 1. The number of piperidine rings is 1. The third-order valence-corrected chi connectivity index (χ3v) is 4.65. The Balaban J connectivity index is 1.47. The predicted molar refractivity (Wildman–Crippen MR) is 85.0 cm³/mol. The molecule has 7 heteroatoms. The van der Waals surface area contributed by atoms with Crippen LogP contribution >= 0.6 is 0 Å². The number of amides is 1. The van der Waals surface area contributed by atoms with E-state index in [1.54, 1.807) is 29.0 Å². The summed E-state index contributed by atoms with van der Waals surface area (Å²) in [5.74, 6) is 1.34. The molecular formula is C17H19N3O4. The van der Waals surface area contributed by atoms with Crippen molar-refractivity contribution in [2.24, 2.45) is 7.05 Å². The number of carbonyl (C=O) groups excluding carboxylic acids is 1. The summed E-state index contributed by atoms with van der Waals surface area (Å²) in [7, 11) is 1.78. The highest BCUT2D eigenvalue weighted by atomic mass is 16.7. The fourth-order valence-electron chi connectivity index (χ4n) is 3.36. The van der Waals surface area contributed by atoms with Crippen molar-refractivity contribution in [2.75, 3.05) is 19.9 Å². The molecule has 24 heavy (non-hydrogen) atoms. The lowest BCUT2D eigenvalue weighted by molar-refractivity contribution is 0.0381. The number of nitrogens with zero attached hydrogens (tertiary/aromatic N) is 3. The van der Waals surface area contributed by atoms with Crippen molar-refractivity contribution in [3.05, 3.63) is 41.7 Å². The summed E-state index contributed by atoms with van der Waals surface area (Å²) in [6, 6.07) is 5.76. The normalized spacial score (nSPS) is 22.7. The topological polar surface area (TPSA) is 76.8 Å². The number of fused-ring (bicyclic) bond motifs is 1. The van der Waals surface area contributed by atoms with Crippen LogP contribution in [0, 0.1) is 0 Å². The lowest BCUT2D eigenvalue weighted by Gasteiger charge is -2.36. The van der Waals surface area contributed by atoms with E-state index in [1.807, 2.05) is 18.2 Å². The molecule has 3 heterocycles. The molecule has 2 aliphatic heterocycles. The van der Waals surface area contributed by atoms with E-state index in [0.29, 0.717) is 30.8 Å². The van der Waals surface area contributed by atoms with Crippen LogP contribution < -0.4 is 9.47 Å². The average molecular weight is 329 g/mol. The largest absolute Gasteiger partial charge is 0.454 e. The van der Waals surface area contributed by atoms with Crippen molar-refractivity contribution in [2.45, 2.75) is 18.4 Å². The zero-order chi connectivity index (χ0) is 16.7. The van der Waals surface area contributed by atoms with Crippen LogP contribution in [-0.4, -0.2) is 51.7 Å². The lowest BCUT2D eigenvalue weighted by Crippen LogP contribution is -2.45. The number of aromatic nitrogens is 2. The van der Waals surface area contributed by atoms with E-state index in [-0.39, 0.29) is 18.6 Å². The van der Waals surface area contributed by atoms with Crippen LogP contribution in [0.3, 0.4) is 0 Å². The van der Waals surface area contributed by atoms with E-state index < -0.39 is 6.10 Å². The minimum Gasteiger partial charge on any atom is -0.454 e. The Morgan fingerprint density at radius 3 is 2.92 bits per heavy atom. The van der Waals surface area contributed by atoms with E-state index in [4.69, 9.17) is 9.47 Å². The van der Waals surface area contributed by atoms with Gasteiger partial charge in [-0.25, -0.2) is 0 Å². The highest BCUT2D eigenvalue weighted by Crippen LogP contribution is 2.37. The summed E-state index contributed by atoms with van der Waals surface area (Å²) >= 11 is 0. The van der Waals surface area contributed by atoms with Gasteiger partial charge in [0.2, 0.25) is 6.79 Å². The number of carbonyl (C=O) groups is 1. The van der Waals surface area contributed by atoms with Crippen LogP contribution in [-0.2, 0) is 7.05 Å². The second-order valence-electron chi connectivity index (χ2n) is 6.23. The number of β-amino-alcohol motifs (C(OH)–C–C–N with tert-alkyl or cyclic N) is 1. The van der Waals surface area contributed by atoms with Gasteiger partial charge >= 0.3 is 0 Å². The van der Waals surface area contributed by atoms with Crippen molar-refractivity contribution in [3.63, 3.8) is 0 Å². The van der Waals surface area contributed by atoms with Crippen LogP contribution in [0.25, 0.3) is 0 Å². The van der Waals surface area contributed by atoms with Crippen molar-refractivity contribution in [1.82, 2.24) is 14.7 Å². The minimum atomic E-state index is -0.611. The van der Waals surface area contributed by atoms with Gasteiger partial charge in [0, 0.05) is 32.3 Å². The molecule has 1 saturated heterocycles. The van der Waals surface area contributed by atoms with Crippen LogP contribution in [0.5, 0.6) is 11.5 Å². The van der Waals surface area contributed by atoms with Gasteiger partial charge in [-0.15, -0.1) is 0 Å². The number of benzene rings is 1. The van der Waals surface area contributed by atoms with E-state index in [1.165, 1.54) is 0 Å². The highest BCUT2D eigenvalue weighted by Gasteiger charge is 2.32. The molecule has 0 spiro atoms. The van der Waals surface area contributed by atoms with Crippen LogP contribution in [0.15, 0.2) is 30.6 Å². The summed E-state index contributed by atoms with van der Waals surface area (Å²) in [6.07, 6.45) is 3.34. The third-order valence-electron chi connectivity index (χ3n) is 4.65. The summed E-state index contributed by atoms with van der Waals surface area (Å²) in [5, 5.41) is 14.6. The summed E-state index contributed by atoms with van der Waals surface area (Å²) in [4.78, 5) is 14.2. The van der Waals surface area contributed by atoms with Gasteiger partial charge in [0.1, 0.15) is 0 Å². The number of hydrogen-bond acceptors (Lipinski definition) is 5. The molecule has 0 bridgehead atoms. The molecule has 0 unspecified atom stereocenters. The molecule has 7 nitrogen and oxygen atoms in total. The highest BCUT2D eigenvalue weighted by molar-refractivity contribution is 5.93. The van der Waals surface area contributed by atoms with Gasteiger partial charge in [0.25, 0.3) is 5.91 Å². The van der Waals surface area contributed by atoms with Gasteiger partial charge in [-0.3, -0.25) is 9.48 Å². The Hall–Kier alpha value is -2.54. The van der Waals surface area contributed by atoms with Crippen LogP contribution in [0.1, 0.15) is 28.3 Å². The molecule has 1 aromatic heterocycles. The first-order chi connectivity index (χ1) is 11.6. The molecule has 1 amide bonds. The molecular weight excluding hydrogens is 310 g/mol. The van der Waals surface area contributed by atoms with Gasteiger partial charge in [-0.05, 0) is 24.1 Å². The quantitative estimate of drug-likeness (QED) is 0.894. The third kappa shape index (κ3) is 2.60. The molecule has 0 aliphatic carbocycles. The molecule has 2 aliphatic rings. The molecule has 0 radical (unpaired) electrons. The van der Waals surface area contributed by atoms with Crippen LogP contribution in [0.4, 0.5) is 0 Å². The number of rotatable bonds is 2. The summed E-state index contributed by atoms with van der Waals surface area (Å²) in [5.41, 5.74) is 1.56. The first-order valence-electron chi connectivity index (χ1n) is 7.97. The fourth-order valence-corrected chi connectivity index (χ4v) is 3.36. The Morgan fingerprint density at radius 1 is 1.33 bits per heavy atom. The zero-order valence-electron chi connectivity index (χ0n) is 13.4. The summed E-state index contributed by atoms with van der Waals surface area (Å²) < 4.78 is 12.3. The van der Waals surface area contributed by atoms with Crippen molar-refractivity contribution in [1.29, 1.82) is 0 Å². The Morgan fingerprint density at radius 2 is 2.17 bits per heavy atom. The summed E-state index contributed by atoms with van der Waals surface area (Å²) in [6.45, 7) is 1.15. The van der Waals surface area contributed by atoms with Crippen molar-refractivity contribution < 1.29 is 19.4 Å². The monoisotopic (exact) mass is 329 g/mol. The van der Waals surface area contributed by atoms with Gasteiger partial charge in [-0.2, -0.15) is 5.10 Å². The first-order valence-corrected chi connectivity index (χ1v) is 7.97. The molecule has 1 fully saturated rings. The van der Waals surface area contributed by atoms with Gasteiger partial charge in [0.15, 0.2) is 11.5 Å². The maximum absolute atomic E-state index is 12.5. The molecule has 2 aromatic rings. The first kappa shape index (κ1) is 15.0. The second-order valence-corrected chi connectivity index (χ2v) is 6.23.